The van der Waals surface area contributed by atoms with Crippen molar-refractivity contribution in [3.8, 4) is 0 Å². The average molecular weight is 491 g/mol. The second kappa shape index (κ2) is 11.4. The van der Waals surface area contributed by atoms with Crippen LogP contribution in [0.15, 0.2) is 105 Å². The molecule has 0 radical (unpaired) electrons. The van der Waals surface area contributed by atoms with Crippen molar-refractivity contribution in [3.05, 3.63) is 105 Å². The number of rotatable bonds is 6. The molecule has 180 valence electrons. The first kappa shape index (κ1) is 24.8. The summed E-state index contributed by atoms with van der Waals surface area (Å²) in [5, 5.41) is 0. The summed E-state index contributed by atoms with van der Waals surface area (Å²) in [7, 11) is 1.28. The second-order valence-corrected chi connectivity index (χ2v) is 9.71. The van der Waals surface area contributed by atoms with Gasteiger partial charge in [-0.05, 0) is 78.1 Å². The van der Waals surface area contributed by atoms with Crippen molar-refractivity contribution in [2.24, 2.45) is 15.9 Å². The van der Waals surface area contributed by atoms with E-state index in [4.69, 9.17) is 4.74 Å². The van der Waals surface area contributed by atoms with E-state index in [-0.39, 0.29) is 11.7 Å². The number of alkyl halides is 2. The lowest BCUT2D eigenvalue weighted by molar-refractivity contribution is 0.196. The maximum atomic E-state index is 12.9. The van der Waals surface area contributed by atoms with Gasteiger partial charge in [0.05, 0.1) is 11.4 Å². The molecule has 0 saturated carbocycles. The van der Waals surface area contributed by atoms with Gasteiger partial charge >= 0.3 is 6.43 Å². The van der Waals surface area contributed by atoms with Crippen molar-refractivity contribution < 1.29 is 13.5 Å². The number of halogens is 2. The summed E-state index contributed by atoms with van der Waals surface area (Å²) in [6.07, 6.45) is 17.6. The molecule has 0 unspecified atom stereocenters. The first-order valence-corrected chi connectivity index (χ1v) is 12.4. The Labute approximate surface area is 209 Å². The first-order valence-electron chi connectivity index (χ1n) is 11.6. The number of allylic oxidation sites excluding steroid dienone is 12. The summed E-state index contributed by atoms with van der Waals surface area (Å²) in [5.74, 6) is 2.83. The molecule has 2 aliphatic carbocycles. The predicted octanol–water partition coefficient (Wildman–Crippen LogP) is 7.44. The summed E-state index contributed by atoms with van der Waals surface area (Å²) >= 11 is 1.49. The standard InChI is InChI=1S/C29H28F2N2OS/c1-19-7-6-10-22-8-4-5-9-23(22)17-26(19)24-13-14-33-18-21(15-24)16-25-11-12-27(35-25)20(2)34-29(32-3)28(30)31/h5-7,9-13,15,17,21,28H,2,4,8,16,18H2,1,3H3/b7-6+,10-6?,19-7?,22-10+,23-17-,26-17?,26-19+,32-29?/t21-/m1/s1. The van der Waals surface area contributed by atoms with E-state index in [1.54, 1.807) is 0 Å². The summed E-state index contributed by atoms with van der Waals surface area (Å²) in [4.78, 5) is 9.78. The number of hydrogen-bond acceptors (Lipinski definition) is 4. The van der Waals surface area contributed by atoms with E-state index in [0.717, 1.165) is 29.7 Å². The maximum absolute atomic E-state index is 12.9. The largest absolute Gasteiger partial charge is 0.437 e. The fraction of sp³-hybridized carbons (Fsp3) is 0.276. The number of ether oxygens (including phenoxy) is 1. The molecule has 2 heterocycles. The molecule has 3 aliphatic rings. The van der Waals surface area contributed by atoms with E-state index in [1.165, 1.54) is 40.7 Å². The lowest BCUT2D eigenvalue weighted by atomic mass is 9.87. The van der Waals surface area contributed by atoms with E-state index >= 15 is 0 Å². The van der Waals surface area contributed by atoms with Crippen LogP contribution in [-0.2, 0) is 11.2 Å². The molecular formula is C29H28F2N2OS. The van der Waals surface area contributed by atoms with Crippen molar-refractivity contribution in [1.29, 1.82) is 0 Å². The summed E-state index contributed by atoms with van der Waals surface area (Å²) in [6.45, 7) is 6.56. The average Bonchev–Trinajstić information content (AvgIpc) is 3.18. The van der Waals surface area contributed by atoms with Crippen LogP contribution in [0.4, 0.5) is 8.78 Å². The minimum atomic E-state index is -2.78. The number of hydrogen-bond donors (Lipinski definition) is 0. The Kier molecular flexibility index (Phi) is 8.06. The van der Waals surface area contributed by atoms with Gasteiger partial charge in [-0.15, -0.1) is 11.3 Å². The van der Waals surface area contributed by atoms with Crippen molar-refractivity contribution in [1.82, 2.24) is 0 Å². The van der Waals surface area contributed by atoms with Gasteiger partial charge in [-0.2, -0.15) is 8.78 Å². The summed E-state index contributed by atoms with van der Waals surface area (Å²) in [6, 6.07) is 3.84. The highest BCUT2D eigenvalue weighted by atomic mass is 32.1. The fourth-order valence-electron chi connectivity index (χ4n) is 4.19. The molecule has 1 aliphatic heterocycles. The highest BCUT2D eigenvalue weighted by Crippen LogP contribution is 2.32. The third-order valence-electron chi connectivity index (χ3n) is 6.01. The maximum Gasteiger partial charge on any atom is 0.312 e. The minimum Gasteiger partial charge on any atom is -0.437 e. The molecule has 6 heteroatoms. The number of thiophene rings is 1. The molecule has 0 amide bonds. The Morgan fingerprint density at radius 3 is 2.97 bits per heavy atom. The Balaban J connectivity index is 1.55. The minimum absolute atomic E-state index is 0.177. The van der Waals surface area contributed by atoms with E-state index in [1.807, 2.05) is 18.2 Å². The quantitative estimate of drug-likeness (QED) is 0.232. The Hall–Kier alpha value is -3.34. The highest BCUT2D eigenvalue weighted by molar-refractivity contribution is 7.13. The molecule has 0 fully saturated rings. The lowest BCUT2D eigenvalue weighted by Crippen LogP contribution is -2.13. The molecule has 0 spiro atoms. The van der Waals surface area contributed by atoms with Crippen LogP contribution in [0.1, 0.15) is 29.5 Å². The SMILES string of the molecule is C=C(OC(=NC)C(F)F)c1ccc(C[C@H]2C=C(C3=C(C)/C=C/C=C4\CCC=C\C4=C\3)C=C=NC2)s1. The molecule has 3 nitrogen and oxygen atoms in total. The van der Waals surface area contributed by atoms with E-state index in [9.17, 15) is 8.78 Å². The zero-order chi connectivity index (χ0) is 24.8. The molecule has 35 heavy (non-hydrogen) atoms. The fourth-order valence-corrected chi connectivity index (χ4v) is 5.20. The molecule has 1 aromatic heterocycles. The van der Waals surface area contributed by atoms with Crippen LogP contribution in [0.25, 0.3) is 5.76 Å². The zero-order valence-electron chi connectivity index (χ0n) is 19.9. The topological polar surface area (TPSA) is 34.0 Å². The summed E-state index contributed by atoms with van der Waals surface area (Å²) < 4.78 is 31.1. The van der Waals surface area contributed by atoms with Gasteiger partial charge in [-0.1, -0.05) is 43.0 Å². The van der Waals surface area contributed by atoms with Crippen LogP contribution in [0, 0.1) is 5.92 Å². The molecule has 0 saturated heterocycles. The molecule has 1 atom stereocenters. The van der Waals surface area contributed by atoms with E-state index < -0.39 is 12.3 Å². The molecule has 0 bridgehead atoms. The van der Waals surface area contributed by atoms with Gasteiger partial charge in [0.25, 0.3) is 5.90 Å². The predicted molar refractivity (Wildman–Crippen MR) is 142 cm³/mol. The number of aliphatic imine (C=N–C) groups is 2. The van der Waals surface area contributed by atoms with Crippen LogP contribution >= 0.6 is 11.3 Å². The molecule has 1 aromatic rings. The molecule has 4 rings (SSSR count). The first-order chi connectivity index (χ1) is 16.9. The van der Waals surface area contributed by atoms with E-state index in [2.05, 4.69) is 71.9 Å². The lowest BCUT2D eigenvalue weighted by Gasteiger charge is -2.17. The van der Waals surface area contributed by atoms with Gasteiger partial charge in [0.2, 0.25) is 0 Å². The van der Waals surface area contributed by atoms with Gasteiger partial charge in [0.15, 0.2) is 0 Å². The summed E-state index contributed by atoms with van der Waals surface area (Å²) in [5.41, 5.74) is 6.08. The van der Waals surface area contributed by atoms with Gasteiger partial charge in [0.1, 0.15) is 5.76 Å². The molecule has 0 N–H and O–H groups in total. The third-order valence-corrected chi connectivity index (χ3v) is 7.16. The van der Waals surface area contributed by atoms with Crippen molar-refractivity contribution >= 4 is 28.9 Å². The monoisotopic (exact) mass is 490 g/mol. The Bertz CT molecular complexity index is 1280. The van der Waals surface area contributed by atoms with Crippen LogP contribution in [-0.4, -0.2) is 31.8 Å². The van der Waals surface area contributed by atoms with Gasteiger partial charge in [-0.3, -0.25) is 4.99 Å². The second-order valence-electron chi connectivity index (χ2n) is 8.54. The van der Waals surface area contributed by atoms with Gasteiger partial charge < -0.3 is 4.74 Å². The van der Waals surface area contributed by atoms with Crippen LogP contribution in [0.5, 0.6) is 0 Å². The highest BCUT2D eigenvalue weighted by Gasteiger charge is 2.19. The van der Waals surface area contributed by atoms with Crippen LogP contribution in [0.3, 0.4) is 0 Å². The van der Waals surface area contributed by atoms with Crippen LogP contribution in [0.2, 0.25) is 0 Å². The van der Waals surface area contributed by atoms with Crippen molar-refractivity contribution in [2.45, 2.75) is 32.6 Å². The number of fused-ring (bicyclic) bond motifs is 1. The van der Waals surface area contributed by atoms with Crippen molar-refractivity contribution in [2.75, 3.05) is 13.6 Å². The smallest absolute Gasteiger partial charge is 0.312 e. The molecular weight excluding hydrogens is 462 g/mol. The van der Waals surface area contributed by atoms with Crippen molar-refractivity contribution in [3.63, 3.8) is 0 Å². The van der Waals surface area contributed by atoms with Gasteiger partial charge in [0, 0.05) is 23.9 Å². The molecule has 0 aromatic carbocycles. The normalized spacial score (nSPS) is 26.0. The van der Waals surface area contributed by atoms with Gasteiger partial charge in [-0.25, -0.2) is 4.99 Å². The third kappa shape index (κ3) is 6.21. The van der Waals surface area contributed by atoms with E-state index in [0.29, 0.717) is 11.4 Å². The van der Waals surface area contributed by atoms with Crippen LogP contribution < -0.4 is 0 Å². The zero-order valence-corrected chi connectivity index (χ0v) is 20.7. The Morgan fingerprint density at radius 2 is 2.17 bits per heavy atom. The Morgan fingerprint density at radius 1 is 1.31 bits per heavy atom. The number of nitrogens with zero attached hydrogens (tertiary/aromatic N) is 2.